The van der Waals surface area contributed by atoms with Gasteiger partial charge in [0.25, 0.3) is 0 Å². The number of fused-ring (bicyclic) bond motifs is 1. The van der Waals surface area contributed by atoms with Gasteiger partial charge in [0.05, 0.1) is 17.7 Å². The lowest BCUT2D eigenvalue weighted by Gasteiger charge is -2.34. The number of benzene rings is 1. The first-order chi connectivity index (χ1) is 9.28. The molecule has 1 aliphatic carbocycles. The third kappa shape index (κ3) is 2.30. The molecule has 2 aliphatic rings. The van der Waals surface area contributed by atoms with E-state index in [1.54, 1.807) is 0 Å². The Labute approximate surface area is 112 Å². The topological polar surface area (TPSA) is 57.3 Å². The van der Waals surface area contributed by atoms with Gasteiger partial charge in [-0.05, 0) is 31.2 Å². The van der Waals surface area contributed by atoms with Crippen LogP contribution in [0, 0.1) is 5.92 Å². The summed E-state index contributed by atoms with van der Waals surface area (Å²) < 4.78 is 0. The molecule has 4 heteroatoms. The number of rotatable bonds is 1. The van der Waals surface area contributed by atoms with Crippen LogP contribution in [0.5, 0.6) is 0 Å². The maximum Gasteiger partial charge on any atom is 0.120 e. The zero-order chi connectivity index (χ0) is 13.2. The predicted octanol–water partition coefficient (Wildman–Crippen LogP) is 2.88. The highest BCUT2D eigenvalue weighted by molar-refractivity contribution is 6.04. The molecule has 0 spiro atoms. The molecule has 1 heterocycles. The summed E-state index contributed by atoms with van der Waals surface area (Å²) in [6, 6.07) is 10.5. The molecule has 0 bridgehead atoms. The fourth-order valence-corrected chi connectivity index (χ4v) is 3.00. The second-order valence-electron chi connectivity index (χ2n) is 5.19. The van der Waals surface area contributed by atoms with Crippen LogP contribution in [0.3, 0.4) is 0 Å². The van der Waals surface area contributed by atoms with Gasteiger partial charge in [0.1, 0.15) is 5.84 Å². The summed E-state index contributed by atoms with van der Waals surface area (Å²) in [5.41, 5.74) is 2.09. The zero-order valence-corrected chi connectivity index (χ0v) is 10.9. The molecule has 3 atom stereocenters. The van der Waals surface area contributed by atoms with E-state index in [4.69, 9.17) is 0 Å². The van der Waals surface area contributed by atoms with Crippen LogP contribution in [-0.4, -0.2) is 29.0 Å². The highest BCUT2D eigenvalue weighted by atomic mass is 16.4. The first kappa shape index (κ1) is 12.1. The van der Waals surface area contributed by atoms with E-state index in [1.807, 2.05) is 31.3 Å². The van der Waals surface area contributed by atoms with Crippen molar-refractivity contribution >= 4 is 17.8 Å². The van der Waals surface area contributed by atoms with Crippen molar-refractivity contribution in [1.29, 1.82) is 0 Å². The second-order valence-corrected chi connectivity index (χ2v) is 5.19. The molecule has 19 heavy (non-hydrogen) atoms. The molecule has 3 unspecified atom stereocenters. The van der Waals surface area contributed by atoms with E-state index in [2.05, 4.69) is 27.3 Å². The molecule has 1 aliphatic heterocycles. The smallest absolute Gasteiger partial charge is 0.120 e. The van der Waals surface area contributed by atoms with Crippen molar-refractivity contribution in [1.82, 2.24) is 0 Å². The molecule has 1 saturated carbocycles. The molecule has 1 N–H and O–H groups in total. The van der Waals surface area contributed by atoms with Gasteiger partial charge in [0, 0.05) is 6.21 Å². The van der Waals surface area contributed by atoms with Gasteiger partial charge in [-0.15, -0.1) is 0 Å². The van der Waals surface area contributed by atoms with Crippen LogP contribution in [-0.2, 0) is 0 Å². The zero-order valence-electron chi connectivity index (χ0n) is 10.9. The summed E-state index contributed by atoms with van der Waals surface area (Å²) in [5.74, 6) is 1.25. The summed E-state index contributed by atoms with van der Waals surface area (Å²) in [4.78, 5) is 8.85. The lowest BCUT2D eigenvalue weighted by atomic mass is 9.74. The molecule has 0 saturated heterocycles. The first-order valence-electron chi connectivity index (χ1n) is 6.62. The molecule has 0 amide bonds. The Morgan fingerprint density at radius 3 is 2.79 bits per heavy atom. The van der Waals surface area contributed by atoms with Crippen LogP contribution in [0.2, 0.25) is 0 Å². The van der Waals surface area contributed by atoms with Crippen molar-refractivity contribution in [2.75, 3.05) is 0 Å². The lowest BCUT2D eigenvalue weighted by molar-refractivity contribution is 0.308. The second kappa shape index (κ2) is 4.96. The largest absolute Gasteiger partial charge is 0.411 e. The van der Waals surface area contributed by atoms with Crippen molar-refractivity contribution in [3.05, 3.63) is 35.9 Å². The minimum absolute atomic E-state index is 0.0636. The molecule has 0 aromatic heterocycles. The van der Waals surface area contributed by atoms with Crippen molar-refractivity contribution < 1.29 is 5.21 Å². The minimum atomic E-state index is 0.0636. The quantitative estimate of drug-likeness (QED) is 0.609. The third-order valence-electron chi connectivity index (χ3n) is 3.95. The standard InChI is InChI=1S/C15H17N3O/c1-10-16-9-13-14(17-10)7-12(8-15(13)18-19)11-5-3-2-4-6-11/h2-6,9,12-14,19H,7-8H2,1H3/b18-15+. The predicted molar refractivity (Wildman–Crippen MR) is 76.5 cm³/mol. The van der Waals surface area contributed by atoms with Gasteiger partial charge < -0.3 is 5.21 Å². The average molecular weight is 255 g/mol. The van der Waals surface area contributed by atoms with Crippen LogP contribution in [0.4, 0.5) is 0 Å². The van der Waals surface area contributed by atoms with E-state index in [9.17, 15) is 5.21 Å². The van der Waals surface area contributed by atoms with Gasteiger partial charge in [-0.1, -0.05) is 35.5 Å². The van der Waals surface area contributed by atoms with Gasteiger partial charge in [0.2, 0.25) is 0 Å². The summed E-state index contributed by atoms with van der Waals surface area (Å²) in [6.45, 7) is 1.91. The molecule has 3 rings (SSSR count). The summed E-state index contributed by atoms with van der Waals surface area (Å²) >= 11 is 0. The maximum atomic E-state index is 9.24. The first-order valence-corrected chi connectivity index (χ1v) is 6.62. The Morgan fingerprint density at radius 1 is 1.26 bits per heavy atom. The lowest BCUT2D eigenvalue weighted by Crippen LogP contribution is -2.38. The minimum Gasteiger partial charge on any atom is -0.411 e. The van der Waals surface area contributed by atoms with E-state index < -0.39 is 0 Å². The highest BCUT2D eigenvalue weighted by Gasteiger charge is 2.36. The monoisotopic (exact) mass is 255 g/mol. The fourth-order valence-electron chi connectivity index (χ4n) is 3.00. The number of aliphatic imine (C=N–C) groups is 2. The van der Waals surface area contributed by atoms with E-state index >= 15 is 0 Å². The number of hydrogen-bond donors (Lipinski definition) is 1. The van der Waals surface area contributed by atoms with Crippen molar-refractivity contribution in [3.8, 4) is 0 Å². The third-order valence-corrected chi connectivity index (χ3v) is 3.95. The molecular weight excluding hydrogens is 238 g/mol. The van der Waals surface area contributed by atoms with Crippen LogP contribution >= 0.6 is 0 Å². The van der Waals surface area contributed by atoms with Crippen LogP contribution in [0.25, 0.3) is 0 Å². The Bertz CT molecular complexity index is 548. The van der Waals surface area contributed by atoms with Gasteiger partial charge in [-0.2, -0.15) is 0 Å². The Morgan fingerprint density at radius 2 is 2.05 bits per heavy atom. The molecule has 1 aromatic carbocycles. The molecule has 98 valence electrons. The number of amidine groups is 1. The van der Waals surface area contributed by atoms with Crippen molar-refractivity contribution in [2.24, 2.45) is 21.1 Å². The Balaban J connectivity index is 1.90. The van der Waals surface area contributed by atoms with Crippen LogP contribution in [0.1, 0.15) is 31.2 Å². The molecule has 4 nitrogen and oxygen atoms in total. The Kier molecular flexibility index (Phi) is 3.15. The van der Waals surface area contributed by atoms with Crippen LogP contribution < -0.4 is 0 Å². The molecule has 1 fully saturated rings. The highest BCUT2D eigenvalue weighted by Crippen LogP contribution is 2.36. The number of oxime groups is 1. The van der Waals surface area contributed by atoms with Crippen molar-refractivity contribution in [2.45, 2.75) is 31.7 Å². The fraction of sp³-hybridized carbons (Fsp3) is 0.400. The number of nitrogens with zero attached hydrogens (tertiary/aromatic N) is 3. The number of hydrogen-bond acceptors (Lipinski definition) is 4. The van der Waals surface area contributed by atoms with Crippen molar-refractivity contribution in [3.63, 3.8) is 0 Å². The van der Waals surface area contributed by atoms with Gasteiger partial charge in [-0.3, -0.25) is 4.99 Å². The average Bonchev–Trinajstić information content (AvgIpc) is 2.46. The van der Waals surface area contributed by atoms with E-state index in [1.165, 1.54) is 5.56 Å². The van der Waals surface area contributed by atoms with Crippen LogP contribution in [0.15, 0.2) is 45.5 Å². The molecule has 1 aromatic rings. The van der Waals surface area contributed by atoms with Gasteiger partial charge in [0.15, 0.2) is 0 Å². The van der Waals surface area contributed by atoms with E-state index in [0.717, 1.165) is 24.4 Å². The normalized spacial score (nSPS) is 31.9. The summed E-state index contributed by atoms with van der Waals surface area (Å²) in [6.07, 6.45) is 3.64. The summed E-state index contributed by atoms with van der Waals surface area (Å²) in [7, 11) is 0. The Hall–Kier alpha value is -1.97. The van der Waals surface area contributed by atoms with Gasteiger partial charge >= 0.3 is 0 Å². The molecular formula is C15H17N3O. The van der Waals surface area contributed by atoms with E-state index in [0.29, 0.717) is 5.92 Å². The summed E-state index contributed by atoms with van der Waals surface area (Å²) in [5, 5.41) is 12.7. The van der Waals surface area contributed by atoms with Gasteiger partial charge in [-0.25, -0.2) is 4.99 Å². The maximum absolute atomic E-state index is 9.24. The molecule has 0 radical (unpaired) electrons. The SMILES string of the molecule is CC1=NC2CC(c3ccccc3)C/C(=N\O)C2C=N1. The van der Waals surface area contributed by atoms with E-state index in [-0.39, 0.29) is 12.0 Å².